The lowest BCUT2D eigenvalue weighted by atomic mass is 9.77. The zero-order valence-corrected chi connectivity index (χ0v) is 15.1. The smallest absolute Gasteiger partial charge is 0.344 e. The minimum Gasteiger partial charge on any atom is -0.383 e. The molecule has 0 atom stereocenters. The number of urea groups is 1. The maximum absolute atomic E-state index is 12.7. The summed E-state index contributed by atoms with van der Waals surface area (Å²) in [5, 5.41) is 3.76. The summed E-state index contributed by atoms with van der Waals surface area (Å²) in [5.41, 5.74) is 12.6. The van der Waals surface area contributed by atoms with Crippen LogP contribution in [-0.2, 0) is 9.59 Å². The first-order valence-electron chi connectivity index (χ1n) is 8.28. The Bertz CT molecular complexity index is 729. The molecule has 0 bridgehead atoms. The van der Waals surface area contributed by atoms with Crippen molar-refractivity contribution in [1.29, 1.82) is 0 Å². The summed E-state index contributed by atoms with van der Waals surface area (Å²) in [7, 11) is 0. The van der Waals surface area contributed by atoms with Crippen LogP contribution in [0.4, 0.5) is 16.4 Å². The minimum atomic E-state index is -0.893. The van der Waals surface area contributed by atoms with Gasteiger partial charge in [0, 0.05) is 6.07 Å². The van der Waals surface area contributed by atoms with Gasteiger partial charge in [-0.05, 0) is 31.6 Å². The Morgan fingerprint density at radius 1 is 1.35 bits per heavy atom. The molecule has 1 aromatic rings. The van der Waals surface area contributed by atoms with Crippen molar-refractivity contribution in [3.63, 3.8) is 0 Å². The maximum atomic E-state index is 12.7. The molecular formula is C15H21N7O3S. The normalized spacial score (nSPS) is 25.4. The first-order valence-corrected chi connectivity index (χ1v) is 9.27. The van der Waals surface area contributed by atoms with E-state index in [9.17, 15) is 14.4 Å². The van der Waals surface area contributed by atoms with Crippen LogP contribution >= 0.6 is 11.8 Å². The van der Waals surface area contributed by atoms with Crippen molar-refractivity contribution in [1.82, 2.24) is 25.7 Å². The second kappa shape index (κ2) is 6.98. The molecule has 0 unspecified atom stereocenters. The Hall–Kier alpha value is -2.56. The fourth-order valence-corrected chi connectivity index (χ4v) is 3.79. The number of carbonyl (C=O) groups excluding carboxylic acids is 3. The number of hydrazine groups is 1. The van der Waals surface area contributed by atoms with E-state index in [2.05, 4.69) is 27.6 Å². The summed E-state index contributed by atoms with van der Waals surface area (Å²) in [5.74, 6) is -0.104. The van der Waals surface area contributed by atoms with Gasteiger partial charge in [-0.15, -0.1) is 0 Å². The van der Waals surface area contributed by atoms with Gasteiger partial charge in [0.1, 0.15) is 17.2 Å². The largest absolute Gasteiger partial charge is 0.383 e. The highest BCUT2D eigenvalue weighted by Crippen LogP contribution is 2.35. The molecule has 1 aliphatic carbocycles. The summed E-state index contributed by atoms with van der Waals surface area (Å²) in [6.45, 7) is 2.12. The monoisotopic (exact) mass is 379 g/mol. The topological polar surface area (TPSA) is 156 Å². The van der Waals surface area contributed by atoms with Gasteiger partial charge in [-0.3, -0.25) is 15.0 Å². The van der Waals surface area contributed by atoms with Gasteiger partial charge in [-0.2, -0.15) is 5.01 Å². The van der Waals surface area contributed by atoms with E-state index < -0.39 is 23.4 Å². The number of nitrogens with two attached hydrogens (primary N) is 2. The molecule has 10 nitrogen and oxygen atoms in total. The quantitative estimate of drug-likeness (QED) is 0.330. The number of nitrogens with zero attached hydrogens (tertiary/aromatic N) is 3. The molecule has 2 heterocycles. The molecule has 0 radical (unpaired) electrons. The van der Waals surface area contributed by atoms with E-state index in [-0.39, 0.29) is 22.5 Å². The number of nitrogens with one attached hydrogen (secondary N) is 2. The predicted molar refractivity (Wildman–Crippen MR) is 95.5 cm³/mol. The van der Waals surface area contributed by atoms with Gasteiger partial charge in [-0.1, -0.05) is 18.7 Å². The van der Waals surface area contributed by atoms with Gasteiger partial charge >= 0.3 is 6.03 Å². The fraction of sp³-hybridized carbons (Fsp3) is 0.533. The SMILES string of the molecule is CC1CCC2(CC1)NC(=O)N(NC(=O)CSc1nc(N)cc(N)n1)C2=O. The molecular weight excluding hydrogens is 358 g/mol. The molecule has 1 saturated heterocycles. The van der Waals surface area contributed by atoms with Crippen LogP contribution in [0, 0.1) is 5.92 Å². The molecule has 11 heteroatoms. The predicted octanol–water partition coefficient (Wildman–Crippen LogP) is 0.265. The molecule has 1 spiro atoms. The van der Waals surface area contributed by atoms with Crippen molar-refractivity contribution in [2.45, 2.75) is 43.3 Å². The van der Waals surface area contributed by atoms with Gasteiger partial charge in [0.05, 0.1) is 5.75 Å². The summed E-state index contributed by atoms with van der Waals surface area (Å²) in [6, 6.07) is 0.800. The van der Waals surface area contributed by atoms with E-state index in [0.29, 0.717) is 18.8 Å². The summed E-state index contributed by atoms with van der Waals surface area (Å²) in [6.07, 6.45) is 2.88. The number of hydrogen-bond acceptors (Lipinski definition) is 8. The second-order valence-corrected chi connectivity index (χ2v) is 7.60. The molecule has 26 heavy (non-hydrogen) atoms. The van der Waals surface area contributed by atoms with Crippen molar-refractivity contribution in [3.8, 4) is 0 Å². The van der Waals surface area contributed by atoms with Gasteiger partial charge in [0.15, 0.2) is 5.16 Å². The van der Waals surface area contributed by atoms with Gasteiger partial charge in [0.2, 0.25) is 5.91 Å². The molecule has 3 rings (SSSR count). The third-order valence-corrected chi connectivity index (χ3v) is 5.45. The first kappa shape index (κ1) is 18.2. The van der Waals surface area contributed by atoms with Crippen LogP contribution in [0.15, 0.2) is 11.2 Å². The number of hydrogen-bond donors (Lipinski definition) is 4. The van der Waals surface area contributed by atoms with Crippen LogP contribution in [-0.4, -0.2) is 44.1 Å². The Labute approximate surface area is 154 Å². The Balaban J connectivity index is 1.58. The Kier molecular flexibility index (Phi) is 4.90. The van der Waals surface area contributed by atoms with E-state index in [1.807, 2.05) is 0 Å². The number of thioether (sulfide) groups is 1. The lowest BCUT2D eigenvalue weighted by Gasteiger charge is -2.33. The highest BCUT2D eigenvalue weighted by Gasteiger charge is 2.52. The molecule has 1 saturated carbocycles. The van der Waals surface area contributed by atoms with Crippen molar-refractivity contribution < 1.29 is 14.4 Å². The number of nitrogen functional groups attached to an aromatic ring is 2. The van der Waals surface area contributed by atoms with Crippen LogP contribution in [0.3, 0.4) is 0 Å². The highest BCUT2D eigenvalue weighted by molar-refractivity contribution is 7.99. The number of anilines is 2. The van der Waals surface area contributed by atoms with Gasteiger partial charge < -0.3 is 16.8 Å². The fourth-order valence-electron chi connectivity index (χ4n) is 3.13. The number of carbonyl (C=O) groups is 3. The zero-order valence-electron chi connectivity index (χ0n) is 14.3. The summed E-state index contributed by atoms with van der Waals surface area (Å²) >= 11 is 1.01. The molecule has 140 valence electrons. The van der Waals surface area contributed by atoms with E-state index in [1.165, 1.54) is 6.07 Å². The molecule has 2 aliphatic rings. The van der Waals surface area contributed by atoms with E-state index in [4.69, 9.17) is 11.5 Å². The minimum absolute atomic E-state index is 0.0933. The number of amides is 4. The number of rotatable bonds is 4. The Morgan fingerprint density at radius 2 is 1.96 bits per heavy atom. The average molecular weight is 379 g/mol. The molecule has 1 aliphatic heterocycles. The van der Waals surface area contributed by atoms with Gasteiger partial charge in [-0.25, -0.2) is 14.8 Å². The maximum Gasteiger partial charge on any atom is 0.344 e. The van der Waals surface area contributed by atoms with Crippen LogP contribution < -0.4 is 22.2 Å². The third kappa shape index (κ3) is 3.66. The lowest BCUT2D eigenvalue weighted by molar-refractivity contribution is -0.139. The van der Waals surface area contributed by atoms with Crippen LogP contribution in [0.2, 0.25) is 0 Å². The standard InChI is InChI=1S/C15H21N7O3S/c1-8-2-4-15(5-3-8)12(24)22(14(25)20-15)21-11(23)7-26-13-18-9(16)6-10(17)19-13/h6,8H,2-5,7H2,1H3,(H,20,25)(H,21,23)(H4,16,17,18,19). The van der Waals surface area contributed by atoms with Crippen molar-refractivity contribution >= 4 is 41.2 Å². The third-order valence-electron chi connectivity index (χ3n) is 4.60. The average Bonchev–Trinajstić information content (AvgIpc) is 2.79. The lowest BCUT2D eigenvalue weighted by Crippen LogP contribution is -2.51. The van der Waals surface area contributed by atoms with E-state index in [0.717, 1.165) is 29.6 Å². The zero-order chi connectivity index (χ0) is 18.9. The number of aromatic nitrogens is 2. The summed E-state index contributed by atoms with van der Waals surface area (Å²) in [4.78, 5) is 44.9. The second-order valence-electron chi connectivity index (χ2n) is 6.66. The molecule has 0 aromatic carbocycles. The van der Waals surface area contributed by atoms with Gasteiger partial charge in [0.25, 0.3) is 5.91 Å². The van der Waals surface area contributed by atoms with Crippen LogP contribution in [0.1, 0.15) is 32.6 Å². The first-order chi connectivity index (χ1) is 12.3. The van der Waals surface area contributed by atoms with Crippen LogP contribution in [0.5, 0.6) is 0 Å². The Morgan fingerprint density at radius 3 is 2.58 bits per heavy atom. The van der Waals surface area contributed by atoms with Crippen LogP contribution in [0.25, 0.3) is 0 Å². The van der Waals surface area contributed by atoms with Crippen molar-refractivity contribution in [3.05, 3.63) is 6.07 Å². The van der Waals surface area contributed by atoms with Crippen molar-refractivity contribution in [2.75, 3.05) is 17.2 Å². The van der Waals surface area contributed by atoms with E-state index in [1.54, 1.807) is 0 Å². The molecule has 2 fully saturated rings. The molecule has 1 aromatic heterocycles. The summed E-state index contributed by atoms with van der Waals surface area (Å²) < 4.78 is 0. The molecule has 4 amide bonds. The number of imide groups is 1. The van der Waals surface area contributed by atoms with Crippen molar-refractivity contribution in [2.24, 2.45) is 5.92 Å². The molecule has 6 N–H and O–H groups in total. The van der Waals surface area contributed by atoms with E-state index >= 15 is 0 Å². The highest BCUT2D eigenvalue weighted by atomic mass is 32.2.